The smallest absolute Gasteiger partial charge is 0.416 e. The number of ether oxygens (including phenoxy) is 1. The average Bonchev–Trinajstić information content (AvgIpc) is 3.55. The quantitative estimate of drug-likeness (QED) is 0.285. The number of alkyl halides is 3. The van der Waals surface area contributed by atoms with Gasteiger partial charge < -0.3 is 25.4 Å². The lowest BCUT2D eigenvalue weighted by atomic mass is 9.73. The van der Waals surface area contributed by atoms with Gasteiger partial charge in [-0.25, -0.2) is 9.97 Å². The van der Waals surface area contributed by atoms with Crippen LogP contribution >= 0.6 is 11.6 Å². The van der Waals surface area contributed by atoms with Crippen LogP contribution in [0.15, 0.2) is 35.4 Å². The Bertz CT molecular complexity index is 2190. The fraction of sp³-hybridized carbons (Fsp3) is 0.441. The SMILES string of the molecule is CCc1c(N2CCN(C(=O)c3ncnc(C)c3O)CC2)c(=O)n2nc(C3=CCC4(CC3)COC4)nc2n1C(C(N)=O)c1ccc(C(F)(F)F)cc1Cl. The van der Waals surface area contributed by atoms with E-state index in [1.54, 1.807) is 18.7 Å². The number of hydrogen-bond donors (Lipinski definition) is 2. The highest BCUT2D eigenvalue weighted by atomic mass is 35.5. The molecule has 3 aromatic heterocycles. The van der Waals surface area contributed by atoms with Gasteiger partial charge in [-0.05, 0) is 50.3 Å². The highest BCUT2D eigenvalue weighted by Gasteiger charge is 2.41. The molecule has 0 radical (unpaired) electrons. The predicted octanol–water partition coefficient (Wildman–Crippen LogP) is 3.55. The molecule has 3 N–H and O–H groups in total. The van der Waals surface area contributed by atoms with Gasteiger partial charge in [0.05, 0.1) is 30.2 Å². The molecule has 7 rings (SSSR count). The molecule has 4 aromatic rings. The van der Waals surface area contributed by atoms with Crippen molar-refractivity contribution in [3.05, 3.63) is 80.0 Å². The Kier molecular flexibility index (Phi) is 8.97. The van der Waals surface area contributed by atoms with Crippen LogP contribution in [-0.4, -0.2) is 90.3 Å². The van der Waals surface area contributed by atoms with E-state index in [0.29, 0.717) is 25.3 Å². The third-order valence-electron chi connectivity index (χ3n) is 10.2. The largest absolute Gasteiger partial charge is 0.504 e. The van der Waals surface area contributed by atoms with Gasteiger partial charge in [0.2, 0.25) is 11.7 Å². The molecule has 1 unspecified atom stereocenters. The number of nitrogens with zero attached hydrogens (tertiary/aromatic N) is 8. The third-order valence-corrected chi connectivity index (χ3v) is 10.5. The molecule has 0 bridgehead atoms. The van der Waals surface area contributed by atoms with Crippen LogP contribution in [0.1, 0.15) is 71.1 Å². The summed E-state index contributed by atoms with van der Waals surface area (Å²) in [7, 11) is 0. The molecule has 274 valence electrons. The molecule has 0 saturated carbocycles. The summed E-state index contributed by atoms with van der Waals surface area (Å²) in [5.74, 6) is -1.53. The highest BCUT2D eigenvalue weighted by molar-refractivity contribution is 6.31. The lowest BCUT2D eigenvalue weighted by molar-refractivity contribution is -0.137. The molecular weight excluding hydrogens is 707 g/mol. The Hall–Kier alpha value is -5.03. The van der Waals surface area contributed by atoms with Crippen LogP contribution in [0, 0.1) is 12.3 Å². The van der Waals surface area contributed by atoms with Crippen molar-refractivity contribution >= 4 is 40.5 Å². The molecular formula is C34H35ClF3N9O5. The number of carbonyl (C=O) groups is 2. The monoisotopic (exact) mass is 741 g/mol. The van der Waals surface area contributed by atoms with Crippen molar-refractivity contribution in [2.24, 2.45) is 11.1 Å². The number of fused-ring (bicyclic) bond motifs is 1. The van der Waals surface area contributed by atoms with Crippen molar-refractivity contribution in [3.63, 3.8) is 0 Å². The number of halogens is 4. The van der Waals surface area contributed by atoms with Crippen molar-refractivity contribution in [2.75, 3.05) is 44.3 Å². The number of aromatic nitrogens is 6. The number of aromatic hydroxyl groups is 1. The summed E-state index contributed by atoms with van der Waals surface area (Å²) in [6.45, 7) is 5.27. The molecule has 18 heteroatoms. The molecule has 5 heterocycles. The zero-order valence-electron chi connectivity index (χ0n) is 28.3. The average molecular weight is 742 g/mol. The van der Waals surface area contributed by atoms with E-state index in [9.17, 15) is 32.7 Å². The lowest BCUT2D eigenvalue weighted by Gasteiger charge is -2.43. The third kappa shape index (κ3) is 6.04. The zero-order chi connectivity index (χ0) is 37.1. The first-order chi connectivity index (χ1) is 24.7. The molecule has 14 nitrogen and oxygen atoms in total. The minimum atomic E-state index is -4.69. The molecule has 1 aliphatic carbocycles. The van der Waals surface area contributed by atoms with Crippen molar-refractivity contribution in [1.82, 2.24) is 34.0 Å². The first-order valence-electron chi connectivity index (χ1n) is 16.7. The minimum Gasteiger partial charge on any atom is -0.504 e. The van der Waals surface area contributed by atoms with E-state index in [0.717, 1.165) is 41.1 Å². The summed E-state index contributed by atoms with van der Waals surface area (Å²) in [5, 5.41) is 14.7. The van der Waals surface area contributed by atoms with Gasteiger partial charge in [0, 0.05) is 42.2 Å². The second-order valence-corrected chi connectivity index (χ2v) is 13.8. The van der Waals surface area contributed by atoms with Crippen LogP contribution in [0.3, 0.4) is 0 Å². The van der Waals surface area contributed by atoms with E-state index in [2.05, 4.69) is 15.1 Å². The fourth-order valence-corrected chi connectivity index (χ4v) is 7.45. The first-order valence-corrected chi connectivity index (χ1v) is 17.1. The van der Waals surface area contributed by atoms with Gasteiger partial charge >= 0.3 is 6.18 Å². The summed E-state index contributed by atoms with van der Waals surface area (Å²) in [4.78, 5) is 57.1. The number of nitrogens with two attached hydrogens (primary N) is 1. The number of rotatable bonds is 7. The second-order valence-electron chi connectivity index (χ2n) is 13.4. The normalized spacial score (nSPS) is 18.0. The van der Waals surface area contributed by atoms with Crippen LogP contribution in [0.5, 0.6) is 5.75 Å². The Morgan fingerprint density at radius 1 is 1.15 bits per heavy atom. The lowest BCUT2D eigenvalue weighted by Crippen LogP contribution is -2.51. The number of primary amides is 1. The Labute approximate surface area is 299 Å². The Balaban J connectivity index is 1.35. The molecule has 2 fully saturated rings. The van der Waals surface area contributed by atoms with Crippen LogP contribution < -0.4 is 16.2 Å². The van der Waals surface area contributed by atoms with Gasteiger partial charge in [0.25, 0.3) is 11.5 Å². The molecule has 1 aromatic carbocycles. The van der Waals surface area contributed by atoms with Crippen LogP contribution in [0.2, 0.25) is 5.02 Å². The maximum Gasteiger partial charge on any atom is 0.416 e. The number of benzene rings is 1. The van der Waals surface area contributed by atoms with Crippen LogP contribution in [0.25, 0.3) is 11.4 Å². The summed E-state index contributed by atoms with van der Waals surface area (Å²) in [5.41, 5.74) is 5.94. The van der Waals surface area contributed by atoms with Gasteiger partial charge in [-0.3, -0.25) is 19.0 Å². The van der Waals surface area contributed by atoms with Gasteiger partial charge in [0.1, 0.15) is 18.1 Å². The summed E-state index contributed by atoms with van der Waals surface area (Å²) < 4.78 is 48.8. The number of hydrogen-bond acceptors (Lipinski definition) is 10. The number of carbonyl (C=O) groups excluding carboxylic acids is 2. The molecule has 2 aliphatic heterocycles. The summed E-state index contributed by atoms with van der Waals surface area (Å²) in [6, 6.07) is 1.17. The topological polar surface area (TPSA) is 174 Å². The summed E-state index contributed by atoms with van der Waals surface area (Å²) >= 11 is 6.46. The first kappa shape index (κ1) is 35.4. The van der Waals surface area contributed by atoms with E-state index in [1.807, 2.05) is 6.08 Å². The van der Waals surface area contributed by atoms with Gasteiger partial charge in [-0.15, -0.1) is 5.10 Å². The molecule has 52 heavy (non-hydrogen) atoms. The summed E-state index contributed by atoms with van der Waals surface area (Å²) in [6.07, 6.45) is 0.913. The number of amides is 2. The van der Waals surface area contributed by atoms with Crippen LogP contribution in [0.4, 0.5) is 18.9 Å². The van der Waals surface area contributed by atoms with E-state index in [-0.39, 0.29) is 83.0 Å². The number of anilines is 1. The van der Waals surface area contributed by atoms with Gasteiger partial charge in [-0.1, -0.05) is 30.7 Å². The van der Waals surface area contributed by atoms with Crippen molar-refractivity contribution in [3.8, 4) is 5.75 Å². The Morgan fingerprint density at radius 2 is 1.88 bits per heavy atom. The number of allylic oxidation sites excluding steroid dienone is 2. The van der Waals surface area contributed by atoms with Crippen molar-refractivity contribution in [1.29, 1.82) is 0 Å². The highest BCUT2D eigenvalue weighted by Crippen LogP contribution is 2.43. The van der Waals surface area contributed by atoms with E-state index in [1.165, 1.54) is 15.8 Å². The van der Waals surface area contributed by atoms with Gasteiger partial charge in [-0.2, -0.15) is 22.7 Å². The molecule has 1 atom stereocenters. The Morgan fingerprint density at radius 3 is 2.46 bits per heavy atom. The molecule has 1 spiro atoms. The maximum atomic E-state index is 14.5. The molecule has 2 amide bonds. The predicted molar refractivity (Wildman–Crippen MR) is 182 cm³/mol. The maximum absolute atomic E-state index is 14.5. The van der Waals surface area contributed by atoms with Crippen molar-refractivity contribution in [2.45, 2.75) is 51.7 Å². The number of aryl methyl sites for hydroxylation is 1. The minimum absolute atomic E-state index is 0.0166. The molecule has 2 saturated heterocycles. The van der Waals surface area contributed by atoms with Crippen LogP contribution in [-0.2, 0) is 22.1 Å². The zero-order valence-corrected chi connectivity index (χ0v) is 29.0. The molecule has 3 aliphatic rings. The van der Waals surface area contributed by atoms with Gasteiger partial charge in [0.15, 0.2) is 17.3 Å². The number of piperazine rings is 1. The van der Waals surface area contributed by atoms with E-state index >= 15 is 0 Å². The standard InChI is InChI=1S/C34H35ClF3N9O5/c1-3-23-26(44-10-12-45(13-11-44)30(50)24-27(48)18(2)40-17-41-24)31(51)47-32(42-29(43-47)19-6-8-33(9-7-19)15-52-16-33)46(23)25(28(39)49)21-5-4-20(14-22(21)35)34(36,37)38/h4-6,14,17,25,48H,3,7-13,15-16H2,1-2H3,(H2,39,49). The van der Waals surface area contributed by atoms with E-state index < -0.39 is 35.2 Å². The van der Waals surface area contributed by atoms with Crippen molar-refractivity contribution < 1.29 is 32.6 Å². The van der Waals surface area contributed by atoms with E-state index in [4.69, 9.17) is 27.1 Å². The second kappa shape index (κ2) is 13.2. The fourth-order valence-electron chi connectivity index (χ4n) is 7.17.